The maximum atomic E-state index is 13.7. The number of hydrogen-bond acceptors (Lipinski definition) is 2. The second-order valence-corrected chi connectivity index (χ2v) is 5.94. The molecule has 0 saturated carbocycles. The number of carbonyl (C=O) groups excluding carboxylic acids is 2. The van der Waals surface area contributed by atoms with Crippen molar-refractivity contribution in [2.45, 2.75) is 13.5 Å². The number of carbonyl (C=O) groups is 2. The molecular weight excluding hydrogens is 363 g/mol. The Bertz CT molecular complexity index is 721. The van der Waals surface area contributed by atoms with Crippen LogP contribution >= 0.6 is 15.9 Å². The highest BCUT2D eigenvalue weighted by molar-refractivity contribution is 9.10. The molecule has 2 aromatic rings. The maximum absolute atomic E-state index is 13.7. The third-order valence-corrected chi connectivity index (χ3v) is 3.70. The number of amides is 2. The molecule has 2 rings (SSSR count). The van der Waals surface area contributed by atoms with Crippen molar-refractivity contribution in [3.63, 3.8) is 0 Å². The van der Waals surface area contributed by atoms with Crippen molar-refractivity contribution in [2.24, 2.45) is 0 Å². The van der Waals surface area contributed by atoms with Gasteiger partial charge in [-0.1, -0.05) is 40.2 Å². The van der Waals surface area contributed by atoms with Crippen LogP contribution in [0.3, 0.4) is 0 Å². The molecule has 2 aromatic carbocycles. The van der Waals surface area contributed by atoms with Gasteiger partial charge in [-0.2, -0.15) is 0 Å². The number of halogens is 2. The summed E-state index contributed by atoms with van der Waals surface area (Å²) in [5, 5.41) is 2.71. The molecule has 0 heterocycles. The molecule has 0 spiro atoms. The number of hydrogen-bond donors (Lipinski definition) is 1. The quantitative estimate of drug-likeness (QED) is 0.864. The number of nitrogens with zero attached hydrogens (tertiary/aromatic N) is 1. The van der Waals surface area contributed by atoms with Crippen LogP contribution in [0, 0.1) is 5.82 Å². The van der Waals surface area contributed by atoms with Crippen molar-refractivity contribution in [3.05, 3.63) is 64.4 Å². The van der Waals surface area contributed by atoms with Gasteiger partial charge in [0.15, 0.2) is 0 Å². The van der Waals surface area contributed by atoms with Gasteiger partial charge < -0.3 is 10.2 Å². The van der Waals surface area contributed by atoms with E-state index in [0.717, 1.165) is 4.47 Å². The summed E-state index contributed by atoms with van der Waals surface area (Å²) in [6.45, 7) is 1.26. The van der Waals surface area contributed by atoms with E-state index in [1.54, 1.807) is 36.4 Å². The number of nitrogens with one attached hydrogen (secondary N) is 1. The zero-order valence-corrected chi connectivity index (χ0v) is 14.1. The molecule has 23 heavy (non-hydrogen) atoms. The summed E-state index contributed by atoms with van der Waals surface area (Å²) in [5.74, 6) is -1.03. The Morgan fingerprint density at radius 1 is 1.17 bits per heavy atom. The van der Waals surface area contributed by atoms with Gasteiger partial charge in [0.25, 0.3) is 0 Å². The van der Waals surface area contributed by atoms with Crippen molar-refractivity contribution < 1.29 is 14.0 Å². The third-order valence-electron chi connectivity index (χ3n) is 3.21. The highest BCUT2D eigenvalue weighted by Gasteiger charge is 2.16. The van der Waals surface area contributed by atoms with E-state index in [2.05, 4.69) is 21.2 Å². The average Bonchev–Trinajstić information content (AvgIpc) is 2.48. The van der Waals surface area contributed by atoms with Crippen LogP contribution < -0.4 is 5.32 Å². The topological polar surface area (TPSA) is 49.4 Å². The summed E-state index contributed by atoms with van der Waals surface area (Å²) in [4.78, 5) is 25.1. The van der Waals surface area contributed by atoms with Gasteiger partial charge in [0, 0.05) is 29.2 Å². The Kier molecular flexibility index (Phi) is 5.87. The molecule has 0 saturated heterocycles. The highest BCUT2D eigenvalue weighted by atomic mass is 79.9. The molecule has 4 nitrogen and oxygen atoms in total. The first-order chi connectivity index (χ1) is 11.0. The van der Waals surface area contributed by atoms with Crippen molar-refractivity contribution in [1.29, 1.82) is 0 Å². The fourth-order valence-corrected chi connectivity index (χ4v) is 2.45. The van der Waals surface area contributed by atoms with Gasteiger partial charge >= 0.3 is 0 Å². The molecule has 0 bridgehead atoms. The molecule has 0 aliphatic rings. The molecule has 0 atom stereocenters. The third kappa shape index (κ3) is 5.17. The Morgan fingerprint density at radius 3 is 2.57 bits per heavy atom. The largest absolute Gasteiger partial charge is 0.329 e. The molecule has 120 valence electrons. The van der Waals surface area contributed by atoms with E-state index in [4.69, 9.17) is 0 Å². The second-order valence-electron chi connectivity index (χ2n) is 5.03. The number of anilines is 1. The SMILES string of the molecule is CC(=O)N(CC(=O)Nc1cccc(Br)c1)Cc1ccccc1F. The fraction of sp³-hybridized carbons (Fsp3) is 0.176. The normalized spacial score (nSPS) is 10.2. The molecular formula is C17H16BrFN2O2. The molecule has 0 aliphatic heterocycles. The van der Waals surface area contributed by atoms with Crippen molar-refractivity contribution >= 4 is 33.4 Å². The summed E-state index contributed by atoms with van der Waals surface area (Å²) < 4.78 is 14.5. The van der Waals surface area contributed by atoms with Gasteiger partial charge in [0.2, 0.25) is 11.8 Å². The molecule has 6 heteroatoms. The Labute approximate surface area is 142 Å². The first-order valence-corrected chi connectivity index (χ1v) is 7.79. The summed E-state index contributed by atoms with van der Waals surface area (Å²) in [6, 6.07) is 13.3. The van der Waals surface area contributed by atoms with Crippen molar-refractivity contribution in [3.8, 4) is 0 Å². The zero-order valence-electron chi connectivity index (χ0n) is 12.6. The van der Waals surface area contributed by atoms with E-state index >= 15 is 0 Å². The van der Waals surface area contributed by atoms with Gasteiger partial charge in [-0.05, 0) is 24.3 Å². The molecule has 1 N–H and O–H groups in total. The van der Waals surface area contributed by atoms with E-state index < -0.39 is 5.82 Å². The number of rotatable bonds is 5. The van der Waals surface area contributed by atoms with Crippen LogP contribution in [-0.4, -0.2) is 23.3 Å². The highest BCUT2D eigenvalue weighted by Crippen LogP contribution is 2.16. The fourth-order valence-electron chi connectivity index (χ4n) is 2.05. The molecule has 2 amide bonds. The average molecular weight is 379 g/mol. The van der Waals surface area contributed by atoms with Gasteiger partial charge in [0.1, 0.15) is 12.4 Å². The van der Waals surface area contributed by atoms with E-state index in [1.165, 1.54) is 17.9 Å². The summed E-state index contributed by atoms with van der Waals surface area (Å²) in [7, 11) is 0. The lowest BCUT2D eigenvalue weighted by molar-refractivity contribution is -0.133. The lowest BCUT2D eigenvalue weighted by Gasteiger charge is -2.21. The number of benzene rings is 2. The lowest BCUT2D eigenvalue weighted by Crippen LogP contribution is -2.36. The smallest absolute Gasteiger partial charge is 0.244 e. The Hall–Kier alpha value is -2.21. The van der Waals surface area contributed by atoms with Crippen LogP contribution in [0.15, 0.2) is 53.0 Å². The maximum Gasteiger partial charge on any atom is 0.244 e. The summed E-state index contributed by atoms with van der Waals surface area (Å²) in [5.41, 5.74) is 0.997. The van der Waals surface area contributed by atoms with Crippen LogP contribution in [0.25, 0.3) is 0 Å². The van der Waals surface area contributed by atoms with Gasteiger partial charge in [-0.15, -0.1) is 0 Å². The Morgan fingerprint density at radius 2 is 1.91 bits per heavy atom. The minimum absolute atomic E-state index is 0.0495. The van der Waals surface area contributed by atoms with Gasteiger partial charge in [-0.25, -0.2) is 4.39 Å². The van der Waals surface area contributed by atoms with Crippen LogP contribution in [0.2, 0.25) is 0 Å². The standard InChI is InChI=1S/C17H16BrFN2O2/c1-12(22)21(10-13-5-2-3-8-16(13)19)11-17(23)20-15-7-4-6-14(18)9-15/h2-9H,10-11H2,1H3,(H,20,23). The Balaban J connectivity index is 2.03. The first kappa shape index (κ1) is 17.1. The van der Waals surface area contributed by atoms with Crippen molar-refractivity contribution in [1.82, 2.24) is 4.90 Å². The minimum Gasteiger partial charge on any atom is -0.329 e. The predicted octanol–water partition coefficient (Wildman–Crippen LogP) is 3.58. The van der Waals surface area contributed by atoms with E-state index in [-0.39, 0.29) is 24.9 Å². The zero-order chi connectivity index (χ0) is 16.8. The summed E-state index contributed by atoms with van der Waals surface area (Å²) in [6.07, 6.45) is 0. The lowest BCUT2D eigenvalue weighted by atomic mass is 10.2. The summed E-state index contributed by atoms with van der Waals surface area (Å²) >= 11 is 3.32. The monoisotopic (exact) mass is 378 g/mol. The minimum atomic E-state index is -0.397. The molecule has 0 aromatic heterocycles. The molecule has 0 fully saturated rings. The van der Waals surface area contributed by atoms with E-state index in [9.17, 15) is 14.0 Å². The predicted molar refractivity (Wildman–Crippen MR) is 90.3 cm³/mol. The second kappa shape index (κ2) is 7.87. The van der Waals surface area contributed by atoms with Crippen LogP contribution in [0.4, 0.5) is 10.1 Å². The molecule has 0 unspecified atom stereocenters. The van der Waals surface area contributed by atoms with Crippen LogP contribution in [-0.2, 0) is 16.1 Å². The van der Waals surface area contributed by atoms with E-state index in [1.807, 2.05) is 6.07 Å². The molecule has 0 radical (unpaired) electrons. The van der Waals surface area contributed by atoms with E-state index in [0.29, 0.717) is 11.3 Å². The van der Waals surface area contributed by atoms with Crippen LogP contribution in [0.1, 0.15) is 12.5 Å². The van der Waals surface area contributed by atoms with Crippen LogP contribution in [0.5, 0.6) is 0 Å². The van der Waals surface area contributed by atoms with Crippen molar-refractivity contribution in [2.75, 3.05) is 11.9 Å². The molecule has 0 aliphatic carbocycles. The van der Waals surface area contributed by atoms with Gasteiger partial charge in [0.05, 0.1) is 0 Å². The first-order valence-electron chi connectivity index (χ1n) is 7.00. The van der Waals surface area contributed by atoms with Gasteiger partial charge in [-0.3, -0.25) is 9.59 Å².